The van der Waals surface area contributed by atoms with Gasteiger partial charge in [-0.2, -0.15) is 13.2 Å². The molecule has 0 fully saturated rings. The van der Waals surface area contributed by atoms with E-state index in [0.29, 0.717) is 13.0 Å². The van der Waals surface area contributed by atoms with E-state index in [1.807, 2.05) is 6.92 Å². The summed E-state index contributed by atoms with van der Waals surface area (Å²) in [4.78, 5) is -0.0847. The SMILES string of the molecule is COc1ccc(CC(C)NCCOc2ccccc2OCC(F)(F)F)cc1S(N)(=O)=O. The Bertz CT molecular complexity index is 968. The van der Waals surface area contributed by atoms with Gasteiger partial charge in [0, 0.05) is 12.6 Å². The fraction of sp³-hybridized carbons (Fsp3) is 0.400. The van der Waals surface area contributed by atoms with Crippen LogP contribution in [0.5, 0.6) is 17.2 Å². The monoisotopic (exact) mass is 462 g/mol. The Morgan fingerprint density at radius 3 is 2.29 bits per heavy atom. The molecule has 7 nitrogen and oxygen atoms in total. The first-order valence-corrected chi connectivity index (χ1v) is 10.9. The molecule has 0 saturated carbocycles. The van der Waals surface area contributed by atoms with E-state index in [9.17, 15) is 21.6 Å². The van der Waals surface area contributed by atoms with Crippen molar-refractivity contribution in [2.45, 2.75) is 30.5 Å². The molecule has 0 heterocycles. The molecule has 0 saturated heterocycles. The summed E-state index contributed by atoms with van der Waals surface area (Å²) >= 11 is 0. The van der Waals surface area contributed by atoms with Crippen molar-refractivity contribution in [3.8, 4) is 17.2 Å². The molecule has 2 aromatic carbocycles. The van der Waals surface area contributed by atoms with Gasteiger partial charge in [0.15, 0.2) is 18.1 Å². The van der Waals surface area contributed by atoms with Crippen LogP contribution in [0.3, 0.4) is 0 Å². The maximum Gasteiger partial charge on any atom is 0.422 e. The number of benzene rings is 2. The number of para-hydroxylation sites is 2. The predicted octanol–water partition coefficient (Wildman–Crippen LogP) is 2.88. The summed E-state index contributed by atoms with van der Waals surface area (Å²) in [6.07, 6.45) is -3.92. The predicted molar refractivity (Wildman–Crippen MR) is 109 cm³/mol. The van der Waals surface area contributed by atoms with Crippen LogP contribution in [0.15, 0.2) is 47.4 Å². The number of alkyl halides is 3. The van der Waals surface area contributed by atoms with Crippen molar-refractivity contribution in [1.29, 1.82) is 0 Å². The molecule has 0 spiro atoms. The Kier molecular flexibility index (Phi) is 8.54. The fourth-order valence-electron chi connectivity index (χ4n) is 2.81. The smallest absolute Gasteiger partial charge is 0.422 e. The van der Waals surface area contributed by atoms with Crippen molar-refractivity contribution in [1.82, 2.24) is 5.32 Å². The molecule has 3 N–H and O–H groups in total. The lowest BCUT2D eigenvalue weighted by Gasteiger charge is -2.17. The third-order valence-electron chi connectivity index (χ3n) is 4.17. The lowest BCUT2D eigenvalue weighted by molar-refractivity contribution is -0.153. The van der Waals surface area contributed by atoms with Crippen LogP contribution in [-0.2, 0) is 16.4 Å². The molecule has 0 amide bonds. The highest BCUT2D eigenvalue weighted by molar-refractivity contribution is 7.89. The van der Waals surface area contributed by atoms with E-state index in [1.54, 1.807) is 24.3 Å². The number of rotatable bonds is 11. The Labute approximate surface area is 179 Å². The summed E-state index contributed by atoms with van der Waals surface area (Å²) in [5, 5.41) is 8.44. The summed E-state index contributed by atoms with van der Waals surface area (Å²) in [5.41, 5.74) is 0.747. The topological polar surface area (TPSA) is 99.9 Å². The van der Waals surface area contributed by atoms with Crippen LogP contribution < -0.4 is 24.7 Å². The molecule has 0 aromatic heterocycles. The molecular formula is C20H25F3N2O5S. The molecule has 0 aliphatic heterocycles. The zero-order valence-electron chi connectivity index (χ0n) is 17.1. The molecular weight excluding hydrogens is 437 g/mol. The molecule has 1 unspecified atom stereocenters. The first-order valence-electron chi connectivity index (χ1n) is 9.34. The van der Waals surface area contributed by atoms with Crippen molar-refractivity contribution < 1.29 is 35.8 Å². The highest BCUT2D eigenvalue weighted by Crippen LogP contribution is 2.28. The minimum Gasteiger partial charge on any atom is -0.495 e. The second kappa shape index (κ2) is 10.7. The van der Waals surface area contributed by atoms with Gasteiger partial charge >= 0.3 is 6.18 Å². The third-order valence-corrected chi connectivity index (χ3v) is 5.10. The molecule has 2 rings (SSSR count). The normalized spacial score (nSPS) is 13.0. The summed E-state index contributed by atoms with van der Waals surface area (Å²) in [6.45, 7) is 1.11. The number of primary sulfonamides is 1. The van der Waals surface area contributed by atoms with Gasteiger partial charge in [-0.15, -0.1) is 0 Å². The van der Waals surface area contributed by atoms with Gasteiger partial charge in [-0.05, 0) is 43.2 Å². The number of methoxy groups -OCH3 is 1. The largest absolute Gasteiger partial charge is 0.495 e. The van der Waals surface area contributed by atoms with Crippen LogP contribution in [0.1, 0.15) is 12.5 Å². The van der Waals surface area contributed by atoms with Gasteiger partial charge in [-0.25, -0.2) is 13.6 Å². The van der Waals surface area contributed by atoms with Crippen molar-refractivity contribution in [3.63, 3.8) is 0 Å². The first-order chi connectivity index (χ1) is 14.5. The fourth-order valence-corrected chi connectivity index (χ4v) is 3.56. The van der Waals surface area contributed by atoms with E-state index in [4.69, 9.17) is 19.3 Å². The van der Waals surface area contributed by atoms with E-state index >= 15 is 0 Å². The van der Waals surface area contributed by atoms with Gasteiger partial charge in [0.25, 0.3) is 0 Å². The quantitative estimate of drug-likeness (QED) is 0.498. The number of ether oxygens (including phenoxy) is 3. The van der Waals surface area contributed by atoms with E-state index in [2.05, 4.69) is 5.32 Å². The molecule has 0 radical (unpaired) electrons. The van der Waals surface area contributed by atoms with Crippen LogP contribution in [-0.4, -0.2) is 47.5 Å². The van der Waals surface area contributed by atoms with Gasteiger partial charge in [0.05, 0.1) is 7.11 Å². The van der Waals surface area contributed by atoms with Crippen molar-refractivity contribution in [2.75, 3.05) is 26.9 Å². The lowest BCUT2D eigenvalue weighted by atomic mass is 10.1. The lowest BCUT2D eigenvalue weighted by Crippen LogP contribution is -2.32. The van der Waals surface area contributed by atoms with Gasteiger partial charge in [0.2, 0.25) is 10.0 Å². The van der Waals surface area contributed by atoms with E-state index in [0.717, 1.165) is 5.56 Å². The minimum absolute atomic E-state index is 0.0154. The second-order valence-electron chi connectivity index (χ2n) is 6.79. The van der Waals surface area contributed by atoms with Gasteiger partial charge in [0.1, 0.15) is 17.3 Å². The Balaban J connectivity index is 1.86. The minimum atomic E-state index is -4.44. The Morgan fingerprint density at radius 2 is 1.71 bits per heavy atom. The third kappa shape index (κ3) is 8.27. The molecule has 172 valence electrons. The molecule has 0 aliphatic rings. The average Bonchev–Trinajstić information content (AvgIpc) is 2.69. The van der Waals surface area contributed by atoms with Crippen LogP contribution >= 0.6 is 0 Å². The van der Waals surface area contributed by atoms with E-state index in [1.165, 1.54) is 25.3 Å². The Hall–Kier alpha value is -2.50. The summed E-state index contributed by atoms with van der Waals surface area (Å²) in [7, 11) is -2.56. The summed E-state index contributed by atoms with van der Waals surface area (Å²) in [6, 6.07) is 10.9. The van der Waals surface area contributed by atoms with Crippen molar-refractivity contribution in [3.05, 3.63) is 48.0 Å². The van der Waals surface area contributed by atoms with Crippen LogP contribution in [0.2, 0.25) is 0 Å². The zero-order chi connectivity index (χ0) is 23.1. The van der Waals surface area contributed by atoms with Crippen LogP contribution in [0, 0.1) is 0 Å². The van der Waals surface area contributed by atoms with Crippen LogP contribution in [0.25, 0.3) is 0 Å². The number of halogens is 3. The molecule has 0 bridgehead atoms. The maximum absolute atomic E-state index is 12.4. The highest BCUT2D eigenvalue weighted by atomic mass is 32.2. The number of sulfonamides is 1. The molecule has 11 heteroatoms. The van der Waals surface area contributed by atoms with Gasteiger partial charge < -0.3 is 19.5 Å². The van der Waals surface area contributed by atoms with E-state index < -0.39 is 22.8 Å². The van der Waals surface area contributed by atoms with Gasteiger partial charge in [-0.1, -0.05) is 18.2 Å². The summed E-state index contributed by atoms with van der Waals surface area (Å²) in [5.74, 6) is 0.405. The maximum atomic E-state index is 12.4. The number of hydrogen-bond acceptors (Lipinski definition) is 6. The molecule has 2 aromatic rings. The van der Waals surface area contributed by atoms with Gasteiger partial charge in [-0.3, -0.25) is 0 Å². The molecule has 0 aliphatic carbocycles. The standard InChI is InChI=1S/C20H25F3N2O5S/c1-14(11-15-7-8-18(28-2)19(12-15)31(24,26)27)25-9-10-29-16-5-3-4-6-17(16)30-13-20(21,22)23/h3-8,12,14,25H,9-11,13H2,1-2H3,(H2,24,26,27). The number of hydrogen-bond donors (Lipinski definition) is 2. The second-order valence-corrected chi connectivity index (χ2v) is 8.32. The molecule has 1 atom stereocenters. The van der Waals surface area contributed by atoms with Crippen LogP contribution in [0.4, 0.5) is 13.2 Å². The number of nitrogens with two attached hydrogens (primary N) is 1. The first kappa shape index (κ1) is 24.8. The van der Waals surface area contributed by atoms with Crippen molar-refractivity contribution in [2.24, 2.45) is 5.14 Å². The Morgan fingerprint density at radius 1 is 1.06 bits per heavy atom. The van der Waals surface area contributed by atoms with E-state index in [-0.39, 0.29) is 34.8 Å². The summed E-state index contributed by atoms with van der Waals surface area (Å²) < 4.78 is 75.8. The average molecular weight is 462 g/mol. The number of nitrogens with one attached hydrogen (secondary N) is 1. The molecule has 31 heavy (non-hydrogen) atoms. The highest BCUT2D eigenvalue weighted by Gasteiger charge is 2.29. The zero-order valence-corrected chi connectivity index (χ0v) is 17.9. The van der Waals surface area contributed by atoms with Crippen molar-refractivity contribution >= 4 is 10.0 Å².